The summed E-state index contributed by atoms with van der Waals surface area (Å²) in [4.78, 5) is 1.99. The fourth-order valence-corrected chi connectivity index (χ4v) is 4.36. The molecule has 158 valence electrons. The van der Waals surface area contributed by atoms with Crippen LogP contribution < -0.4 is 14.8 Å². The van der Waals surface area contributed by atoms with Gasteiger partial charge in [-0.3, -0.25) is 0 Å². The van der Waals surface area contributed by atoms with Crippen LogP contribution in [0.5, 0.6) is 0 Å². The molecule has 1 aromatic carbocycles. The van der Waals surface area contributed by atoms with Gasteiger partial charge in [0.15, 0.2) is 0 Å². The zero-order valence-electron chi connectivity index (χ0n) is 17.7. The van der Waals surface area contributed by atoms with Crippen molar-refractivity contribution in [2.24, 2.45) is 0 Å². The Morgan fingerprint density at radius 1 is 0.967 bits per heavy atom. The summed E-state index contributed by atoms with van der Waals surface area (Å²) in [5, 5.41) is 0.864. The molecule has 0 N–H and O–H groups in total. The number of benzene rings is 2. The lowest BCUT2D eigenvalue weighted by molar-refractivity contribution is -0.137. The Kier molecular flexibility index (Phi) is 5.12. The Labute approximate surface area is 174 Å². The molecule has 0 saturated heterocycles. The summed E-state index contributed by atoms with van der Waals surface area (Å²) in [7, 11) is 3.90. The summed E-state index contributed by atoms with van der Waals surface area (Å²) in [5.74, 6) is 0.619. The van der Waals surface area contributed by atoms with Crippen LogP contribution >= 0.6 is 0 Å². The van der Waals surface area contributed by atoms with Gasteiger partial charge in [-0.2, -0.15) is 13.2 Å². The van der Waals surface area contributed by atoms with Crippen LogP contribution in [0.1, 0.15) is 30.5 Å². The van der Waals surface area contributed by atoms with E-state index < -0.39 is 11.7 Å². The average Bonchev–Trinajstić information content (AvgIpc) is 2.71. The molecule has 4 rings (SSSR count). The molecule has 30 heavy (non-hydrogen) atoms. The smallest absolute Gasteiger partial charge is 0.417 e. The van der Waals surface area contributed by atoms with E-state index in [0.717, 1.165) is 35.3 Å². The van der Waals surface area contributed by atoms with Gasteiger partial charge in [0, 0.05) is 42.5 Å². The fraction of sp³-hybridized carbons (Fsp3) is 0.375. The third-order valence-corrected chi connectivity index (χ3v) is 5.93. The molecular weight excluding hydrogens is 389 g/mol. The van der Waals surface area contributed by atoms with Gasteiger partial charge in [0.2, 0.25) is 5.36 Å². The van der Waals surface area contributed by atoms with E-state index in [1.165, 1.54) is 0 Å². The molecule has 6 heteroatoms. The lowest BCUT2D eigenvalue weighted by atomic mass is 9.84. The molecule has 0 amide bonds. The Morgan fingerprint density at radius 3 is 2.30 bits per heavy atom. The molecule has 1 heterocycles. The minimum atomic E-state index is -4.45. The number of halogens is 3. The molecule has 0 fully saturated rings. The molecule has 2 aliphatic carbocycles. The first-order chi connectivity index (χ1) is 14.2. The second-order valence-corrected chi connectivity index (χ2v) is 7.87. The topological polar surface area (TPSA) is 19.4 Å². The summed E-state index contributed by atoms with van der Waals surface area (Å²) >= 11 is 0. The normalized spacial score (nSPS) is 13.2. The summed E-state index contributed by atoms with van der Waals surface area (Å²) in [5.41, 5.74) is 2.62. The molecule has 0 saturated carbocycles. The number of hydrogen-bond donors (Lipinski definition) is 0. The first-order valence-electron chi connectivity index (χ1n) is 10.3. The van der Waals surface area contributed by atoms with Crippen LogP contribution in [-0.4, -0.2) is 27.2 Å². The van der Waals surface area contributed by atoms with E-state index in [-0.39, 0.29) is 16.9 Å². The summed E-state index contributed by atoms with van der Waals surface area (Å²) in [6.07, 6.45) is -3.58. The van der Waals surface area contributed by atoms with E-state index in [9.17, 15) is 13.2 Å². The Bertz CT molecular complexity index is 1140. The zero-order valence-corrected chi connectivity index (χ0v) is 17.7. The highest BCUT2D eigenvalue weighted by molar-refractivity contribution is 5.78. The van der Waals surface area contributed by atoms with Gasteiger partial charge in [-0.15, -0.1) is 0 Å². The van der Waals surface area contributed by atoms with Gasteiger partial charge in [0.05, 0.1) is 11.6 Å². The molecule has 1 aliphatic heterocycles. The van der Waals surface area contributed by atoms with Gasteiger partial charge in [0.1, 0.15) is 24.6 Å². The van der Waals surface area contributed by atoms with Crippen molar-refractivity contribution in [3.8, 4) is 22.6 Å². The predicted octanol–water partition coefficient (Wildman–Crippen LogP) is 5.05. The minimum Gasteiger partial charge on any atom is -0.456 e. The first kappa shape index (κ1) is 20.5. The number of anilines is 1. The third-order valence-electron chi connectivity index (χ3n) is 5.93. The average molecular weight is 415 g/mol. The van der Waals surface area contributed by atoms with E-state index >= 15 is 0 Å². The van der Waals surface area contributed by atoms with Crippen LogP contribution in [0.2, 0.25) is 0 Å². The standard InChI is InChI=1S/C24H26F3N2O/c1-5-29(6-2)17-9-12-19-21(14-17)30-23-18-11-8-16(28(3)4)13-15(18)7-10-20(23)22(19)24(25,26)27/h8-9,11-14H,5-7,10H2,1-4H3/q+1. The molecule has 3 aliphatic rings. The molecule has 0 atom stereocenters. The third kappa shape index (κ3) is 3.38. The molecule has 3 nitrogen and oxygen atoms in total. The van der Waals surface area contributed by atoms with Crippen molar-refractivity contribution in [1.82, 2.24) is 4.58 Å². The molecule has 0 radical (unpaired) electrons. The summed E-state index contributed by atoms with van der Waals surface area (Å²) in [6.45, 7) is 5.60. The maximum atomic E-state index is 14.2. The van der Waals surface area contributed by atoms with Crippen molar-refractivity contribution in [3.05, 3.63) is 58.4 Å². The number of rotatable bonds is 3. The number of nitrogens with zero attached hydrogens (tertiary/aromatic N) is 2. The summed E-state index contributed by atoms with van der Waals surface area (Å²) < 4.78 is 50.8. The maximum absolute atomic E-state index is 14.2. The van der Waals surface area contributed by atoms with Crippen LogP contribution in [0.15, 0.2) is 40.8 Å². The van der Waals surface area contributed by atoms with Crippen molar-refractivity contribution in [2.75, 3.05) is 32.1 Å². The number of alkyl halides is 3. The molecule has 0 bridgehead atoms. The minimum absolute atomic E-state index is 0.130. The second-order valence-electron chi connectivity index (χ2n) is 7.87. The fourth-order valence-electron chi connectivity index (χ4n) is 4.36. The van der Waals surface area contributed by atoms with Crippen LogP contribution in [-0.2, 0) is 19.0 Å². The van der Waals surface area contributed by atoms with Gasteiger partial charge >= 0.3 is 6.18 Å². The van der Waals surface area contributed by atoms with Crippen LogP contribution in [0, 0.1) is 0 Å². The first-order valence-corrected chi connectivity index (χ1v) is 10.3. The van der Waals surface area contributed by atoms with Gasteiger partial charge in [-0.1, -0.05) is 0 Å². The molecule has 1 aromatic rings. The van der Waals surface area contributed by atoms with E-state index in [1.54, 1.807) is 18.2 Å². The van der Waals surface area contributed by atoms with Crippen molar-refractivity contribution < 1.29 is 17.6 Å². The highest BCUT2D eigenvalue weighted by atomic mass is 19.4. The lowest BCUT2D eigenvalue weighted by Crippen LogP contribution is -2.29. The van der Waals surface area contributed by atoms with E-state index in [1.807, 2.05) is 51.0 Å². The molecule has 0 aromatic heterocycles. The van der Waals surface area contributed by atoms with E-state index in [2.05, 4.69) is 4.58 Å². The Hall–Kier alpha value is -2.76. The second kappa shape index (κ2) is 7.49. The van der Waals surface area contributed by atoms with E-state index in [0.29, 0.717) is 18.6 Å². The maximum Gasteiger partial charge on any atom is 0.417 e. The van der Waals surface area contributed by atoms with Crippen molar-refractivity contribution in [1.29, 1.82) is 0 Å². The van der Waals surface area contributed by atoms with Crippen LogP contribution in [0.25, 0.3) is 22.6 Å². The van der Waals surface area contributed by atoms with Crippen LogP contribution in [0.3, 0.4) is 0 Å². The highest BCUT2D eigenvalue weighted by Crippen LogP contribution is 2.47. The monoisotopic (exact) mass is 415 g/mol. The quantitative estimate of drug-likeness (QED) is 0.558. The zero-order chi connectivity index (χ0) is 21.6. The van der Waals surface area contributed by atoms with Crippen molar-refractivity contribution >= 4 is 5.69 Å². The highest BCUT2D eigenvalue weighted by Gasteiger charge is 2.40. The van der Waals surface area contributed by atoms with Gasteiger partial charge in [-0.05, 0) is 56.5 Å². The van der Waals surface area contributed by atoms with Crippen molar-refractivity contribution in [2.45, 2.75) is 32.9 Å². The molecule has 0 unspecified atom stereocenters. The number of hydrogen-bond acceptors (Lipinski definition) is 2. The Morgan fingerprint density at radius 2 is 1.67 bits per heavy atom. The van der Waals surface area contributed by atoms with Gasteiger partial charge < -0.3 is 9.32 Å². The SMILES string of the molecule is CC[N+](CC)=c1ccc2c(C(F)(F)F)c3c(oc-2c1)-c1ccc(N(C)C)cc1CC3. The van der Waals surface area contributed by atoms with E-state index in [4.69, 9.17) is 4.42 Å². The predicted molar refractivity (Wildman–Crippen MR) is 114 cm³/mol. The molecule has 0 spiro atoms. The van der Waals surface area contributed by atoms with Gasteiger partial charge in [-0.25, -0.2) is 4.58 Å². The van der Waals surface area contributed by atoms with Crippen molar-refractivity contribution in [3.63, 3.8) is 0 Å². The Balaban J connectivity index is 2.05. The number of aryl methyl sites for hydroxylation is 1. The van der Waals surface area contributed by atoms with Gasteiger partial charge in [0.25, 0.3) is 0 Å². The summed E-state index contributed by atoms with van der Waals surface area (Å²) in [6, 6.07) is 10.9. The largest absolute Gasteiger partial charge is 0.456 e. The molecular formula is C24H26F3N2O+. The number of fused-ring (bicyclic) bond motifs is 4. The lowest BCUT2D eigenvalue weighted by Gasteiger charge is -2.26. The van der Waals surface area contributed by atoms with Crippen LogP contribution in [0.4, 0.5) is 18.9 Å².